The molecule has 0 N–H and O–H groups in total. The van der Waals surface area contributed by atoms with E-state index in [9.17, 15) is 9.18 Å². The Morgan fingerprint density at radius 1 is 1.19 bits per heavy atom. The lowest BCUT2D eigenvalue weighted by Gasteiger charge is -2.16. The minimum absolute atomic E-state index is 0.0300. The number of nitrogens with zero attached hydrogens (tertiary/aromatic N) is 4. The molecule has 164 valence electrons. The molecule has 2 heterocycles. The van der Waals surface area contributed by atoms with Gasteiger partial charge in [0.1, 0.15) is 17.2 Å². The van der Waals surface area contributed by atoms with E-state index in [4.69, 9.17) is 4.42 Å². The minimum atomic E-state index is -0.254. The van der Waals surface area contributed by atoms with E-state index < -0.39 is 0 Å². The van der Waals surface area contributed by atoms with E-state index in [1.54, 1.807) is 24.3 Å². The third-order valence-electron chi connectivity index (χ3n) is 4.97. The molecule has 0 saturated heterocycles. The summed E-state index contributed by atoms with van der Waals surface area (Å²) in [5, 5.41) is 9.98. The number of aromatic nitrogens is 3. The first-order valence-electron chi connectivity index (χ1n) is 10.1. The number of para-hydroxylation sites is 1. The van der Waals surface area contributed by atoms with Gasteiger partial charge in [0.05, 0.1) is 18.2 Å². The molecule has 0 fully saturated rings. The molecule has 2 aromatic heterocycles. The van der Waals surface area contributed by atoms with Crippen LogP contribution in [0.25, 0.3) is 11.0 Å². The van der Waals surface area contributed by atoms with Gasteiger partial charge in [-0.15, -0.1) is 16.8 Å². The van der Waals surface area contributed by atoms with Crippen LogP contribution in [-0.2, 0) is 25.4 Å². The van der Waals surface area contributed by atoms with E-state index in [2.05, 4.69) is 16.8 Å². The Morgan fingerprint density at radius 2 is 2.03 bits per heavy atom. The van der Waals surface area contributed by atoms with Crippen LogP contribution in [0.1, 0.15) is 17.0 Å². The van der Waals surface area contributed by atoms with Crippen molar-refractivity contribution in [3.05, 3.63) is 100 Å². The van der Waals surface area contributed by atoms with Crippen LogP contribution in [0.15, 0.2) is 81.8 Å². The number of hydrogen-bond donors (Lipinski definition) is 0. The molecule has 4 aromatic rings. The van der Waals surface area contributed by atoms with Crippen molar-refractivity contribution in [3.8, 4) is 0 Å². The third-order valence-corrected chi connectivity index (χ3v) is 6.00. The molecule has 0 bridgehead atoms. The van der Waals surface area contributed by atoms with E-state index in [0.29, 0.717) is 41.9 Å². The first kappa shape index (κ1) is 22.0. The minimum Gasteiger partial charge on any atom is -0.464 e. The van der Waals surface area contributed by atoms with Crippen molar-refractivity contribution in [2.75, 3.05) is 7.05 Å². The maximum atomic E-state index is 13.4. The molecule has 6 nitrogen and oxygen atoms in total. The highest BCUT2D eigenvalue weighted by Crippen LogP contribution is 2.23. The van der Waals surface area contributed by atoms with Gasteiger partial charge in [-0.3, -0.25) is 9.69 Å². The second kappa shape index (κ2) is 9.93. The predicted octanol–water partition coefficient (Wildman–Crippen LogP) is 4.63. The van der Waals surface area contributed by atoms with Gasteiger partial charge in [0.15, 0.2) is 10.6 Å². The van der Waals surface area contributed by atoms with Crippen LogP contribution >= 0.6 is 11.8 Å². The summed E-state index contributed by atoms with van der Waals surface area (Å²) in [6.07, 6.45) is 3.31. The zero-order valence-corrected chi connectivity index (χ0v) is 18.5. The third kappa shape index (κ3) is 4.98. The van der Waals surface area contributed by atoms with Gasteiger partial charge in [-0.25, -0.2) is 4.39 Å². The second-order valence-corrected chi connectivity index (χ2v) is 8.42. The summed E-state index contributed by atoms with van der Waals surface area (Å²) in [4.78, 5) is 14.8. The Morgan fingerprint density at radius 3 is 2.84 bits per heavy atom. The van der Waals surface area contributed by atoms with E-state index in [0.717, 1.165) is 16.5 Å². The summed E-state index contributed by atoms with van der Waals surface area (Å²) in [5.74, 6) is 1.09. The van der Waals surface area contributed by atoms with E-state index in [1.807, 2.05) is 34.7 Å². The first-order chi connectivity index (χ1) is 15.5. The molecule has 0 saturated carbocycles. The number of allylic oxidation sites excluding steroid dienone is 1. The fourth-order valence-electron chi connectivity index (χ4n) is 3.45. The van der Waals surface area contributed by atoms with Gasteiger partial charge in [-0.05, 0) is 36.9 Å². The molecule has 0 radical (unpaired) electrons. The van der Waals surface area contributed by atoms with Crippen molar-refractivity contribution in [3.63, 3.8) is 0 Å². The van der Waals surface area contributed by atoms with Crippen molar-refractivity contribution in [2.45, 2.75) is 30.5 Å². The number of thioether (sulfide) groups is 1. The molecular weight excluding hydrogens is 427 g/mol. The average molecular weight is 451 g/mol. The fraction of sp³-hybridized carbons (Fsp3) is 0.208. The number of hydrogen-bond acceptors (Lipinski definition) is 6. The summed E-state index contributed by atoms with van der Waals surface area (Å²) in [6.45, 7) is 5.30. The molecule has 0 spiro atoms. The monoisotopic (exact) mass is 450 g/mol. The number of rotatable bonds is 9. The summed E-state index contributed by atoms with van der Waals surface area (Å²) >= 11 is 1.50. The van der Waals surface area contributed by atoms with Gasteiger partial charge >= 0.3 is 0 Å². The highest BCUT2D eigenvalue weighted by Gasteiger charge is 2.15. The largest absolute Gasteiger partial charge is 0.464 e. The lowest BCUT2D eigenvalue weighted by atomic mass is 10.1. The molecule has 0 unspecified atom stereocenters. The highest BCUT2D eigenvalue weighted by molar-refractivity contribution is 7.98. The maximum Gasteiger partial charge on any atom is 0.197 e. The number of halogens is 1. The van der Waals surface area contributed by atoms with Crippen molar-refractivity contribution in [1.29, 1.82) is 0 Å². The SMILES string of the molecule is C=CCn1c(CN(C)Cc2coc3ccccc3c2=O)nnc1SCc1cccc(F)c1. The first-order valence-corrected chi connectivity index (χ1v) is 11.1. The van der Waals surface area contributed by atoms with Crippen LogP contribution in [0.5, 0.6) is 0 Å². The van der Waals surface area contributed by atoms with E-state index in [1.165, 1.54) is 30.2 Å². The maximum absolute atomic E-state index is 13.4. The quantitative estimate of drug-likeness (QED) is 0.274. The lowest BCUT2D eigenvalue weighted by molar-refractivity contribution is 0.301. The van der Waals surface area contributed by atoms with Crippen LogP contribution in [0.4, 0.5) is 4.39 Å². The van der Waals surface area contributed by atoms with Crippen LogP contribution in [0.2, 0.25) is 0 Å². The van der Waals surface area contributed by atoms with Gasteiger partial charge in [0, 0.05) is 24.4 Å². The summed E-state index contributed by atoms with van der Waals surface area (Å²) < 4.78 is 21.0. The molecule has 32 heavy (non-hydrogen) atoms. The normalized spacial score (nSPS) is 11.3. The molecule has 0 aliphatic heterocycles. The summed E-state index contributed by atoms with van der Waals surface area (Å²) in [7, 11) is 1.92. The van der Waals surface area contributed by atoms with Crippen LogP contribution < -0.4 is 5.43 Å². The van der Waals surface area contributed by atoms with Gasteiger partial charge in [-0.1, -0.05) is 42.1 Å². The van der Waals surface area contributed by atoms with Crippen LogP contribution in [0.3, 0.4) is 0 Å². The van der Waals surface area contributed by atoms with Crippen molar-refractivity contribution in [2.24, 2.45) is 0 Å². The second-order valence-electron chi connectivity index (χ2n) is 7.48. The van der Waals surface area contributed by atoms with Crippen LogP contribution in [-0.4, -0.2) is 26.7 Å². The fourth-order valence-corrected chi connectivity index (χ4v) is 4.35. The molecule has 2 aromatic carbocycles. The van der Waals surface area contributed by atoms with Gasteiger partial charge < -0.3 is 8.98 Å². The summed E-state index contributed by atoms with van der Waals surface area (Å²) in [5.41, 5.74) is 2.01. The molecule has 0 amide bonds. The topological polar surface area (TPSA) is 64.2 Å². The predicted molar refractivity (Wildman–Crippen MR) is 124 cm³/mol. The Labute approximate surface area is 189 Å². The molecular formula is C24H23FN4O2S. The van der Waals surface area contributed by atoms with Crippen molar-refractivity contribution < 1.29 is 8.81 Å². The molecule has 0 atom stereocenters. The van der Waals surface area contributed by atoms with Gasteiger partial charge in [0.25, 0.3) is 0 Å². The van der Waals surface area contributed by atoms with Gasteiger partial charge in [-0.2, -0.15) is 0 Å². The highest BCUT2D eigenvalue weighted by atomic mass is 32.2. The Hall–Kier alpha value is -3.23. The van der Waals surface area contributed by atoms with E-state index in [-0.39, 0.29) is 11.2 Å². The molecule has 0 aliphatic carbocycles. The zero-order chi connectivity index (χ0) is 22.5. The Balaban J connectivity index is 1.48. The van der Waals surface area contributed by atoms with Crippen molar-refractivity contribution >= 4 is 22.7 Å². The Kier molecular flexibility index (Phi) is 6.82. The molecule has 4 rings (SSSR count). The molecule has 0 aliphatic rings. The van der Waals surface area contributed by atoms with Gasteiger partial charge in [0.2, 0.25) is 0 Å². The standard InChI is InChI=1S/C24H23FN4O2S/c1-3-11-29-22(26-27-24(29)32-16-17-7-6-8-19(25)12-17)14-28(2)13-18-15-31-21-10-5-4-9-20(21)23(18)30/h3-10,12,15H,1,11,13-14,16H2,2H3. The number of benzene rings is 2. The smallest absolute Gasteiger partial charge is 0.197 e. The van der Waals surface area contributed by atoms with E-state index >= 15 is 0 Å². The van der Waals surface area contributed by atoms with Crippen molar-refractivity contribution in [1.82, 2.24) is 19.7 Å². The average Bonchev–Trinajstić information content (AvgIpc) is 3.16. The Bertz CT molecular complexity index is 1300. The number of fused-ring (bicyclic) bond motifs is 1. The zero-order valence-electron chi connectivity index (χ0n) is 17.7. The lowest BCUT2D eigenvalue weighted by Crippen LogP contribution is -2.23. The van der Waals surface area contributed by atoms with Crippen LogP contribution in [0, 0.1) is 5.82 Å². The molecule has 8 heteroatoms. The summed E-state index contributed by atoms with van der Waals surface area (Å²) in [6, 6.07) is 13.8.